The maximum Gasteiger partial charge on any atom is 0.337 e. The van der Waals surface area contributed by atoms with E-state index in [2.05, 4.69) is 36.7 Å². The Hall–Kier alpha value is -2.81. The molecule has 0 radical (unpaired) electrons. The third-order valence-electron chi connectivity index (χ3n) is 3.65. The average Bonchev–Trinajstić information content (AvgIpc) is 2.60. The van der Waals surface area contributed by atoms with Crippen LogP contribution in [0.5, 0.6) is 0 Å². The highest BCUT2D eigenvalue weighted by Crippen LogP contribution is 2.16. The largest absolute Gasteiger partial charge is 0.465 e. The van der Waals surface area contributed by atoms with E-state index in [1.54, 1.807) is 12.1 Å². The second-order valence-electron chi connectivity index (χ2n) is 5.57. The molecule has 3 heteroatoms. The number of hydrogen-bond donors (Lipinski definition) is 1. The predicted octanol–water partition coefficient (Wildman–Crippen LogP) is 4.54. The van der Waals surface area contributed by atoms with Gasteiger partial charge < -0.3 is 10.1 Å². The van der Waals surface area contributed by atoms with Crippen molar-refractivity contribution in [2.45, 2.75) is 19.4 Å². The first-order valence-corrected chi connectivity index (χ1v) is 7.92. The zero-order valence-corrected chi connectivity index (χ0v) is 14.0. The third-order valence-corrected chi connectivity index (χ3v) is 3.65. The molecule has 0 saturated carbocycles. The summed E-state index contributed by atoms with van der Waals surface area (Å²) in [6, 6.07) is 13.8. The Labute approximate surface area is 143 Å². The monoisotopic (exact) mass is 321 g/mol. The van der Waals surface area contributed by atoms with Crippen LogP contribution in [0, 0.1) is 0 Å². The second-order valence-corrected chi connectivity index (χ2v) is 5.57. The fourth-order valence-corrected chi connectivity index (χ4v) is 2.59. The molecule has 0 bridgehead atoms. The van der Waals surface area contributed by atoms with Crippen LogP contribution in [0.3, 0.4) is 0 Å². The molecule has 3 nitrogen and oxygen atoms in total. The first-order chi connectivity index (χ1) is 11.7. The van der Waals surface area contributed by atoms with Crippen LogP contribution in [0.15, 0.2) is 67.8 Å². The normalized spacial score (nSPS) is 10.0. The molecule has 0 aliphatic carbocycles. The van der Waals surface area contributed by atoms with E-state index in [-0.39, 0.29) is 5.97 Å². The number of carbonyl (C=O) groups excluding carboxylic acids is 1. The molecular formula is C21H23NO2. The van der Waals surface area contributed by atoms with Crippen molar-refractivity contribution in [1.82, 2.24) is 0 Å². The molecule has 0 amide bonds. The molecule has 0 unspecified atom stereocenters. The summed E-state index contributed by atoms with van der Waals surface area (Å²) in [5.41, 5.74) is 5.09. The fraction of sp³-hybridized carbons (Fsp3) is 0.190. The molecule has 2 rings (SSSR count). The molecule has 0 aromatic heterocycles. The molecular weight excluding hydrogens is 298 g/mol. The van der Waals surface area contributed by atoms with Gasteiger partial charge in [0.25, 0.3) is 0 Å². The van der Waals surface area contributed by atoms with E-state index in [1.807, 2.05) is 24.3 Å². The van der Waals surface area contributed by atoms with Crippen molar-refractivity contribution < 1.29 is 9.53 Å². The molecule has 0 atom stereocenters. The van der Waals surface area contributed by atoms with Crippen LogP contribution >= 0.6 is 0 Å². The summed E-state index contributed by atoms with van der Waals surface area (Å²) in [6.45, 7) is 8.30. The first-order valence-electron chi connectivity index (χ1n) is 7.92. The highest BCUT2D eigenvalue weighted by Gasteiger charge is 2.06. The van der Waals surface area contributed by atoms with Crippen LogP contribution < -0.4 is 5.32 Å². The summed E-state index contributed by atoms with van der Waals surface area (Å²) in [6.07, 6.45) is 5.50. The summed E-state index contributed by atoms with van der Waals surface area (Å²) in [7, 11) is 1.38. The quantitative estimate of drug-likeness (QED) is 0.573. The lowest BCUT2D eigenvalue weighted by Gasteiger charge is -2.11. The number of ether oxygens (including phenoxy) is 1. The molecule has 0 aliphatic rings. The number of hydrogen-bond acceptors (Lipinski definition) is 3. The number of carbonyl (C=O) groups is 1. The Balaban J connectivity index is 2.14. The van der Waals surface area contributed by atoms with Crippen LogP contribution in [0.4, 0.5) is 5.69 Å². The summed E-state index contributed by atoms with van der Waals surface area (Å²) >= 11 is 0. The van der Waals surface area contributed by atoms with Crippen LogP contribution in [0.1, 0.15) is 27.0 Å². The van der Waals surface area contributed by atoms with E-state index < -0.39 is 0 Å². The highest BCUT2D eigenvalue weighted by atomic mass is 16.5. The lowest BCUT2D eigenvalue weighted by molar-refractivity contribution is 0.0601. The van der Waals surface area contributed by atoms with Gasteiger partial charge in [-0.1, -0.05) is 36.4 Å². The summed E-state index contributed by atoms with van der Waals surface area (Å²) in [5, 5.41) is 3.36. The van der Waals surface area contributed by atoms with Gasteiger partial charge in [0.2, 0.25) is 0 Å². The Morgan fingerprint density at radius 2 is 1.67 bits per heavy atom. The SMILES string of the molecule is C=CCc1cc(CC=C)cc(CNc2cccc(C(=O)OC)c2)c1. The Bertz CT molecular complexity index is 706. The minimum atomic E-state index is -0.333. The molecule has 0 heterocycles. The Morgan fingerprint density at radius 1 is 1.04 bits per heavy atom. The maximum absolute atomic E-state index is 11.6. The third kappa shape index (κ3) is 4.85. The van der Waals surface area contributed by atoms with Crippen molar-refractivity contribution in [3.63, 3.8) is 0 Å². The molecule has 0 fully saturated rings. The number of benzene rings is 2. The molecule has 0 spiro atoms. The molecule has 2 aromatic carbocycles. The van der Waals surface area contributed by atoms with Gasteiger partial charge in [0.05, 0.1) is 12.7 Å². The van der Waals surface area contributed by atoms with Gasteiger partial charge in [-0.05, 0) is 47.7 Å². The highest BCUT2D eigenvalue weighted by molar-refractivity contribution is 5.90. The minimum Gasteiger partial charge on any atom is -0.465 e. The zero-order chi connectivity index (χ0) is 17.4. The van der Waals surface area contributed by atoms with Gasteiger partial charge in [0.1, 0.15) is 0 Å². The number of rotatable bonds is 8. The molecule has 0 aliphatic heterocycles. The van der Waals surface area contributed by atoms with Crippen LogP contribution in [-0.4, -0.2) is 13.1 Å². The molecule has 2 aromatic rings. The van der Waals surface area contributed by atoms with E-state index in [9.17, 15) is 4.79 Å². The predicted molar refractivity (Wildman–Crippen MR) is 99.4 cm³/mol. The number of allylic oxidation sites excluding steroid dienone is 2. The van der Waals surface area contributed by atoms with E-state index in [4.69, 9.17) is 4.74 Å². The number of nitrogens with one attached hydrogen (secondary N) is 1. The first kappa shape index (κ1) is 17.5. The van der Waals surface area contributed by atoms with Gasteiger partial charge in [0.15, 0.2) is 0 Å². The minimum absolute atomic E-state index is 0.333. The molecule has 124 valence electrons. The van der Waals surface area contributed by atoms with E-state index >= 15 is 0 Å². The Kier molecular flexibility index (Phi) is 6.38. The second kappa shape index (κ2) is 8.73. The van der Waals surface area contributed by atoms with Crippen molar-refractivity contribution in [2.24, 2.45) is 0 Å². The maximum atomic E-state index is 11.6. The van der Waals surface area contributed by atoms with Crippen molar-refractivity contribution >= 4 is 11.7 Å². The van der Waals surface area contributed by atoms with Crippen molar-refractivity contribution in [1.29, 1.82) is 0 Å². The number of esters is 1. The van der Waals surface area contributed by atoms with Crippen LogP contribution in [0.2, 0.25) is 0 Å². The summed E-state index contributed by atoms with van der Waals surface area (Å²) in [4.78, 5) is 11.6. The number of methoxy groups -OCH3 is 1. The summed E-state index contributed by atoms with van der Waals surface area (Å²) in [5.74, 6) is -0.333. The zero-order valence-electron chi connectivity index (χ0n) is 14.0. The topological polar surface area (TPSA) is 38.3 Å². The average molecular weight is 321 g/mol. The van der Waals surface area contributed by atoms with Gasteiger partial charge in [-0.3, -0.25) is 0 Å². The van der Waals surface area contributed by atoms with Crippen molar-refractivity contribution in [3.05, 3.63) is 90.0 Å². The smallest absolute Gasteiger partial charge is 0.337 e. The number of anilines is 1. The van der Waals surface area contributed by atoms with Crippen LogP contribution in [-0.2, 0) is 24.1 Å². The van der Waals surface area contributed by atoms with E-state index in [0.29, 0.717) is 12.1 Å². The van der Waals surface area contributed by atoms with Gasteiger partial charge in [-0.2, -0.15) is 0 Å². The fourth-order valence-electron chi connectivity index (χ4n) is 2.59. The molecule has 24 heavy (non-hydrogen) atoms. The summed E-state index contributed by atoms with van der Waals surface area (Å²) < 4.78 is 4.75. The van der Waals surface area contributed by atoms with E-state index in [0.717, 1.165) is 18.5 Å². The van der Waals surface area contributed by atoms with Gasteiger partial charge in [-0.15, -0.1) is 13.2 Å². The van der Waals surface area contributed by atoms with Crippen molar-refractivity contribution in [2.75, 3.05) is 12.4 Å². The van der Waals surface area contributed by atoms with Gasteiger partial charge in [0, 0.05) is 12.2 Å². The van der Waals surface area contributed by atoms with Gasteiger partial charge in [-0.25, -0.2) is 4.79 Å². The molecule has 0 saturated heterocycles. The van der Waals surface area contributed by atoms with Crippen LogP contribution in [0.25, 0.3) is 0 Å². The standard InChI is InChI=1S/C21H23NO2/c1-4-7-16-11-17(8-5-2)13-18(12-16)15-22-20-10-6-9-19(14-20)21(23)24-3/h4-6,9-14,22H,1-2,7-8,15H2,3H3. The van der Waals surface area contributed by atoms with Gasteiger partial charge >= 0.3 is 5.97 Å². The van der Waals surface area contributed by atoms with Crippen molar-refractivity contribution in [3.8, 4) is 0 Å². The lowest BCUT2D eigenvalue weighted by atomic mass is 10.0. The van der Waals surface area contributed by atoms with E-state index in [1.165, 1.54) is 23.8 Å². The molecule has 1 N–H and O–H groups in total. The Morgan fingerprint density at radius 3 is 2.25 bits per heavy atom. The lowest BCUT2D eigenvalue weighted by Crippen LogP contribution is -2.04.